The average molecular weight is 221 g/mol. The summed E-state index contributed by atoms with van der Waals surface area (Å²) in [6.45, 7) is 2.14. The zero-order valence-corrected chi connectivity index (χ0v) is 9.37. The number of ether oxygens (including phenoxy) is 1. The average Bonchev–Trinajstić information content (AvgIpc) is 2.25. The van der Waals surface area contributed by atoms with Crippen LogP contribution in [0.1, 0.15) is 18.9 Å². The number of benzene rings is 1. The maximum absolute atomic E-state index is 13.2. The number of terminal acetylenes is 1. The van der Waals surface area contributed by atoms with Gasteiger partial charge in [0.1, 0.15) is 18.2 Å². The summed E-state index contributed by atoms with van der Waals surface area (Å²) in [6, 6.07) is 4.61. The first kappa shape index (κ1) is 12.5. The Morgan fingerprint density at radius 1 is 1.50 bits per heavy atom. The predicted molar refractivity (Wildman–Crippen MR) is 62.7 cm³/mol. The van der Waals surface area contributed by atoms with Crippen molar-refractivity contribution in [2.24, 2.45) is 5.73 Å². The molecule has 0 aliphatic carbocycles. The van der Waals surface area contributed by atoms with E-state index >= 15 is 0 Å². The van der Waals surface area contributed by atoms with Gasteiger partial charge >= 0.3 is 0 Å². The van der Waals surface area contributed by atoms with E-state index < -0.39 is 0 Å². The third-order valence-corrected chi connectivity index (χ3v) is 2.28. The second-order valence-electron chi connectivity index (χ2n) is 3.66. The smallest absolute Gasteiger partial charge is 0.148 e. The molecule has 86 valence electrons. The third-order valence-electron chi connectivity index (χ3n) is 2.28. The summed E-state index contributed by atoms with van der Waals surface area (Å²) in [7, 11) is 0. The second kappa shape index (κ2) is 6.14. The van der Waals surface area contributed by atoms with Gasteiger partial charge in [0.15, 0.2) is 0 Å². The molecular formula is C13H16FNO. The minimum atomic E-state index is -0.326. The number of halogens is 1. The largest absolute Gasteiger partial charge is 0.481 e. The maximum atomic E-state index is 13.2. The summed E-state index contributed by atoms with van der Waals surface area (Å²) in [5, 5.41) is 0. The van der Waals surface area contributed by atoms with Gasteiger partial charge in [-0.15, -0.1) is 6.42 Å². The highest BCUT2D eigenvalue weighted by Gasteiger charge is 2.05. The molecule has 2 N–H and O–H groups in total. The summed E-state index contributed by atoms with van der Waals surface area (Å²) in [5.41, 5.74) is 6.64. The highest BCUT2D eigenvalue weighted by atomic mass is 19.1. The Hall–Kier alpha value is -1.53. The molecule has 0 saturated carbocycles. The fourth-order valence-corrected chi connectivity index (χ4v) is 1.39. The zero-order valence-electron chi connectivity index (χ0n) is 9.37. The summed E-state index contributed by atoms with van der Waals surface area (Å²) in [5.74, 6) is 2.47. The Labute approximate surface area is 95.6 Å². The van der Waals surface area contributed by atoms with Crippen LogP contribution in [0.25, 0.3) is 0 Å². The van der Waals surface area contributed by atoms with Crippen LogP contribution in [0.2, 0.25) is 0 Å². The molecule has 0 saturated heterocycles. The first-order valence-corrected chi connectivity index (χ1v) is 5.27. The van der Waals surface area contributed by atoms with Crippen molar-refractivity contribution in [1.82, 2.24) is 0 Å². The van der Waals surface area contributed by atoms with Crippen molar-refractivity contribution in [2.45, 2.75) is 25.8 Å². The van der Waals surface area contributed by atoms with Crippen LogP contribution in [-0.2, 0) is 6.42 Å². The molecule has 3 heteroatoms. The summed E-state index contributed by atoms with van der Waals surface area (Å²) in [4.78, 5) is 0. The molecule has 2 nitrogen and oxygen atoms in total. The molecule has 0 spiro atoms. The van der Waals surface area contributed by atoms with Gasteiger partial charge < -0.3 is 10.5 Å². The van der Waals surface area contributed by atoms with Crippen LogP contribution < -0.4 is 10.5 Å². The lowest BCUT2D eigenvalue weighted by Crippen LogP contribution is -2.21. The lowest BCUT2D eigenvalue weighted by molar-refractivity contribution is 0.367. The summed E-state index contributed by atoms with van der Waals surface area (Å²) in [6.07, 6.45) is 6.56. The Morgan fingerprint density at radius 2 is 2.25 bits per heavy atom. The molecule has 1 atom stereocenters. The van der Waals surface area contributed by atoms with Gasteiger partial charge in [0.2, 0.25) is 0 Å². The third kappa shape index (κ3) is 3.92. The molecule has 0 fully saturated rings. The summed E-state index contributed by atoms with van der Waals surface area (Å²) >= 11 is 0. The van der Waals surface area contributed by atoms with E-state index in [-0.39, 0.29) is 18.5 Å². The van der Waals surface area contributed by atoms with Crippen LogP contribution in [-0.4, -0.2) is 12.6 Å². The van der Waals surface area contributed by atoms with Crippen molar-refractivity contribution in [1.29, 1.82) is 0 Å². The van der Waals surface area contributed by atoms with E-state index in [1.54, 1.807) is 6.07 Å². The number of rotatable bonds is 5. The van der Waals surface area contributed by atoms with Gasteiger partial charge in [0.25, 0.3) is 0 Å². The molecule has 0 aliphatic rings. The fraction of sp³-hybridized carbons (Fsp3) is 0.385. The van der Waals surface area contributed by atoms with E-state index in [1.165, 1.54) is 12.1 Å². The van der Waals surface area contributed by atoms with E-state index in [2.05, 4.69) is 5.92 Å². The Kier molecular flexibility index (Phi) is 4.81. The van der Waals surface area contributed by atoms with Gasteiger partial charge in [-0.05, 0) is 30.5 Å². The van der Waals surface area contributed by atoms with Crippen molar-refractivity contribution in [3.05, 3.63) is 29.6 Å². The molecule has 1 aromatic rings. The topological polar surface area (TPSA) is 35.2 Å². The maximum Gasteiger partial charge on any atom is 0.148 e. The molecule has 0 radical (unpaired) electrons. The molecule has 1 aromatic carbocycles. The molecule has 0 amide bonds. The van der Waals surface area contributed by atoms with Crippen LogP contribution in [0.5, 0.6) is 5.75 Å². The van der Waals surface area contributed by atoms with Gasteiger partial charge in [-0.3, -0.25) is 0 Å². The highest BCUT2D eigenvalue weighted by Crippen LogP contribution is 2.17. The van der Waals surface area contributed by atoms with Gasteiger partial charge in [0.05, 0.1) is 0 Å². The minimum Gasteiger partial charge on any atom is -0.481 e. The molecule has 1 unspecified atom stereocenters. The molecule has 0 aromatic heterocycles. The van der Waals surface area contributed by atoms with Crippen molar-refractivity contribution in [3.8, 4) is 18.1 Å². The van der Waals surface area contributed by atoms with E-state index in [9.17, 15) is 4.39 Å². The molecule has 16 heavy (non-hydrogen) atoms. The van der Waals surface area contributed by atoms with E-state index in [1.807, 2.05) is 6.92 Å². The van der Waals surface area contributed by atoms with Gasteiger partial charge in [0, 0.05) is 12.1 Å². The summed E-state index contributed by atoms with van der Waals surface area (Å²) < 4.78 is 18.4. The van der Waals surface area contributed by atoms with Crippen molar-refractivity contribution >= 4 is 0 Å². The van der Waals surface area contributed by atoms with E-state index in [4.69, 9.17) is 16.9 Å². The van der Waals surface area contributed by atoms with Crippen molar-refractivity contribution in [2.75, 3.05) is 6.61 Å². The molecule has 1 rings (SSSR count). The first-order valence-electron chi connectivity index (χ1n) is 5.27. The zero-order chi connectivity index (χ0) is 12.0. The molecule has 0 heterocycles. The Balaban J connectivity index is 2.77. The highest BCUT2D eigenvalue weighted by molar-refractivity contribution is 5.30. The van der Waals surface area contributed by atoms with E-state index in [0.717, 1.165) is 12.0 Å². The predicted octanol–water partition coefficient (Wildman–Crippen LogP) is 2.12. The monoisotopic (exact) mass is 221 g/mol. The lowest BCUT2D eigenvalue weighted by atomic mass is 10.0. The number of hydrogen-bond acceptors (Lipinski definition) is 2. The lowest BCUT2D eigenvalue weighted by Gasteiger charge is -2.10. The molecular weight excluding hydrogens is 205 g/mol. The van der Waals surface area contributed by atoms with Crippen LogP contribution in [0.4, 0.5) is 4.39 Å². The standard InChI is InChI=1S/C13H16FNO/c1-3-5-16-13-8-10(6-11(14)9-13)7-12(15)4-2/h1,6,8-9,12H,4-5,7,15H2,2H3. The molecule has 0 bridgehead atoms. The number of hydrogen-bond donors (Lipinski definition) is 1. The van der Waals surface area contributed by atoms with Crippen LogP contribution in [0.3, 0.4) is 0 Å². The normalized spacial score (nSPS) is 11.9. The van der Waals surface area contributed by atoms with E-state index in [0.29, 0.717) is 12.2 Å². The minimum absolute atomic E-state index is 0.0438. The first-order chi connectivity index (χ1) is 7.65. The van der Waals surface area contributed by atoms with Gasteiger partial charge in [-0.2, -0.15) is 0 Å². The Morgan fingerprint density at radius 3 is 2.88 bits per heavy atom. The Bertz CT molecular complexity index is 384. The SMILES string of the molecule is C#CCOc1cc(F)cc(CC(N)CC)c1. The molecule has 0 aliphatic heterocycles. The van der Waals surface area contributed by atoms with Crippen molar-refractivity contribution in [3.63, 3.8) is 0 Å². The van der Waals surface area contributed by atoms with Crippen LogP contribution in [0.15, 0.2) is 18.2 Å². The van der Waals surface area contributed by atoms with Gasteiger partial charge in [-0.1, -0.05) is 12.8 Å². The van der Waals surface area contributed by atoms with Crippen LogP contribution in [0, 0.1) is 18.2 Å². The van der Waals surface area contributed by atoms with Crippen LogP contribution >= 0.6 is 0 Å². The second-order valence-corrected chi connectivity index (χ2v) is 3.66. The fourth-order valence-electron chi connectivity index (χ4n) is 1.39. The van der Waals surface area contributed by atoms with Gasteiger partial charge in [-0.25, -0.2) is 4.39 Å². The number of nitrogens with two attached hydrogens (primary N) is 1. The quantitative estimate of drug-likeness (QED) is 0.773. The van der Waals surface area contributed by atoms with Crippen molar-refractivity contribution < 1.29 is 9.13 Å².